The summed E-state index contributed by atoms with van der Waals surface area (Å²) in [7, 11) is -1.08. The van der Waals surface area contributed by atoms with Crippen LogP contribution in [0.5, 0.6) is 5.75 Å². The van der Waals surface area contributed by atoms with Gasteiger partial charge in [0.1, 0.15) is 19.0 Å². The summed E-state index contributed by atoms with van der Waals surface area (Å²) in [6.45, 7) is 3.20. The molecule has 1 aliphatic heterocycles. The average molecular weight is 763 g/mol. The van der Waals surface area contributed by atoms with E-state index in [-0.39, 0.29) is 17.6 Å². The minimum absolute atomic E-state index is 0.0530. The van der Waals surface area contributed by atoms with E-state index in [1.807, 2.05) is 33.7 Å². The summed E-state index contributed by atoms with van der Waals surface area (Å²) >= 11 is 0. The van der Waals surface area contributed by atoms with Crippen LogP contribution in [-0.4, -0.2) is 60.4 Å². The van der Waals surface area contributed by atoms with Crippen molar-refractivity contribution in [2.24, 2.45) is 0 Å². The molecule has 0 saturated carbocycles. The molecule has 1 N–H and O–H groups in total. The molecule has 51 heavy (non-hydrogen) atoms. The van der Waals surface area contributed by atoms with E-state index in [0.29, 0.717) is 19.3 Å². The second kappa shape index (κ2) is 25.8. The van der Waals surface area contributed by atoms with Crippen LogP contribution in [-0.2, 0) is 33.4 Å². The lowest BCUT2D eigenvalue weighted by Gasteiger charge is -2.21. The summed E-state index contributed by atoms with van der Waals surface area (Å²) in [5.74, 6) is -0.501. The van der Waals surface area contributed by atoms with Gasteiger partial charge in [0.05, 0.1) is 5.56 Å². The smallest absolute Gasteiger partial charge is 0.336 e. The lowest BCUT2D eigenvalue weighted by atomic mass is 9.99. The van der Waals surface area contributed by atoms with Gasteiger partial charge in [0.2, 0.25) is 0 Å². The van der Waals surface area contributed by atoms with Gasteiger partial charge < -0.3 is 14.6 Å². The Morgan fingerprint density at radius 2 is 1.45 bits per heavy atom. The van der Waals surface area contributed by atoms with Crippen LogP contribution in [0.3, 0.4) is 0 Å². The Morgan fingerprint density at radius 1 is 0.843 bits per heavy atom. The SMILES string of the molecule is CC/C=C\C/C=C\C/C=C\C/C=C\C/C=C\CCCC(=O)O[C@H](COC(=O)CCCC[C@]1(C)CCSS1)COS(=O)(=O)C(=O)c1ccccc1O. The van der Waals surface area contributed by atoms with Gasteiger partial charge in [-0.25, -0.2) is 0 Å². The lowest BCUT2D eigenvalue weighted by molar-refractivity contribution is -0.160. The molecule has 2 atom stereocenters. The molecule has 0 aromatic heterocycles. The number of phenolic OH excluding ortho intramolecular Hbond substituents is 1. The summed E-state index contributed by atoms with van der Waals surface area (Å²) < 4.78 is 41.1. The number of unbranched alkanes of at least 4 members (excludes halogenated alkanes) is 2. The predicted octanol–water partition coefficient (Wildman–Crippen LogP) is 9.36. The molecule has 0 aliphatic carbocycles. The number of carbonyl (C=O) groups is 3. The quantitative estimate of drug-likeness (QED) is 0.0336. The molecule has 1 aromatic carbocycles. The maximum Gasteiger partial charge on any atom is 0.336 e. The largest absolute Gasteiger partial charge is 0.507 e. The van der Waals surface area contributed by atoms with Crippen molar-refractivity contribution in [1.82, 2.24) is 0 Å². The van der Waals surface area contributed by atoms with E-state index in [1.165, 1.54) is 18.2 Å². The summed E-state index contributed by atoms with van der Waals surface area (Å²) in [6.07, 6.45) is 29.5. The van der Waals surface area contributed by atoms with Gasteiger partial charge in [-0.1, -0.05) is 108 Å². The number of phenols is 1. The summed E-state index contributed by atoms with van der Waals surface area (Å²) in [5, 5.41) is 8.47. The third-order valence-corrected chi connectivity index (χ3v) is 12.2. The molecule has 9 nitrogen and oxygen atoms in total. The molecule has 1 aliphatic rings. The van der Waals surface area contributed by atoms with Crippen molar-refractivity contribution in [2.75, 3.05) is 19.0 Å². The molecule has 1 saturated heterocycles. The molecule has 0 radical (unpaired) electrons. The molecule has 2 rings (SSSR count). The van der Waals surface area contributed by atoms with E-state index in [9.17, 15) is 27.9 Å². The molecular formula is C39H54O9S3. The number of benzene rings is 1. The van der Waals surface area contributed by atoms with E-state index >= 15 is 0 Å². The second-order valence-corrected chi connectivity index (χ2v) is 16.8. The average Bonchev–Trinajstić information content (AvgIpc) is 3.55. The van der Waals surface area contributed by atoms with Gasteiger partial charge in [-0.2, -0.15) is 8.42 Å². The van der Waals surface area contributed by atoms with Gasteiger partial charge in [-0.05, 0) is 83.3 Å². The first kappa shape index (κ1) is 44.1. The van der Waals surface area contributed by atoms with Crippen LogP contribution >= 0.6 is 21.6 Å². The first-order valence-electron chi connectivity index (χ1n) is 17.7. The highest BCUT2D eigenvalue weighted by atomic mass is 33.1. The van der Waals surface area contributed by atoms with Gasteiger partial charge in [0.25, 0.3) is 0 Å². The van der Waals surface area contributed by atoms with Crippen LogP contribution in [0.15, 0.2) is 85.0 Å². The Hall–Kier alpha value is -3.06. The molecule has 0 amide bonds. The summed E-state index contributed by atoms with van der Waals surface area (Å²) in [4.78, 5) is 37.6. The van der Waals surface area contributed by atoms with E-state index < -0.39 is 57.8 Å². The fourth-order valence-corrected chi connectivity index (χ4v) is 8.95. The van der Waals surface area contributed by atoms with Gasteiger partial charge in [-0.15, -0.1) is 0 Å². The Bertz CT molecular complexity index is 1460. The number of hydrogen-bond acceptors (Lipinski definition) is 11. The van der Waals surface area contributed by atoms with E-state index in [2.05, 4.69) is 62.5 Å². The highest BCUT2D eigenvalue weighted by Gasteiger charge is 2.31. The first-order valence-corrected chi connectivity index (χ1v) is 21.4. The highest BCUT2D eigenvalue weighted by molar-refractivity contribution is 8.77. The van der Waals surface area contributed by atoms with Gasteiger partial charge >= 0.3 is 27.2 Å². The van der Waals surface area contributed by atoms with Crippen LogP contribution in [0, 0.1) is 0 Å². The number of hydrogen-bond donors (Lipinski definition) is 1. The third-order valence-electron chi connectivity index (χ3n) is 7.71. The van der Waals surface area contributed by atoms with Gasteiger partial charge in [0.15, 0.2) is 6.10 Å². The predicted molar refractivity (Wildman–Crippen MR) is 208 cm³/mol. The van der Waals surface area contributed by atoms with E-state index in [0.717, 1.165) is 63.2 Å². The zero-order valence-corrected chi connectivity index (χ0v) is 32.4. The molecule has 282 valence electrons. The number of ether oxygens (including phenoxy) is 2. The first-order chi connectivity index (χ1) is 24.6. The maximum absolute atomic E-state index is 12.6. The normalized spacial score (nSPS) is 17.4. The van der Waals surface area contributed by atoms with Crippen LogP contribution in [0.1, 0.15) is 108 Å². The molecule has 1 aromatic rings. The van der Waals surface area contributed by atoms with Gasteiger partial charge in [0, 0.05) is 23.3 Å². The molecule has 0 unspecified atom stereocenters. The van der Waals surface area contributed by atoms with Crippen molar-refractivity contribution >= 4 is 48.8 Å². The lowest BCUT2D eigenvalue weighted by Crippen LogP contribution is -2.32. The number of carbonyl (C=O) groups excluding carboxylic acids is 3. The van der Waals surface area contributed by atoms with Crippen LogP contribution in [0.25, 0.3) is 0 Å². The topological polar surface area (TPSA) is 133 Å². The highest BCUT2D eigenvalue weighted by Crippen LogP contribution is 2.49. The Morgan fingerprint density at radius 3 is 2.06 bits per heavy atom. The van der Waals surface area contributed by atoms with Crippen molar-refractivity contribution in [1.29, 1.82) is 0 Å². The zero-order valence-electron chi connectivity index (χ0n) is 29.9. The number of para-hydroxylation sites is 1. The van der Waals surface area contributed by atoms with Crippen molar-refractivity contribution in [3.63, 3.8) is 0 Å². The summed E-state index contributed by atoms with van der Waals surface area (Å²) in [5.41, 5.74) is -0.448. The van der Waals surface area contributed by atoms with Crippen molar-refractivity contribution in [3.8, 4) is 5.75 Å². The van der Waals surface area contributed by atoms with Crippen molar-refractivity contribution in [3.05, 3.63) is 90.6 Å². The fourth-order valence-electron chi connectivity index (χ4n) is 4.77. The van der Waals surface area contributed by atoms with Crippen LogP contribution < -0.4 is 0 Å². The van der Waals surface area contributed by atoms with Crippen molar-refractivity contribution in [2.45, 2.75) is 108 Å². The van der Waals surface area contributed by atoms with Crippen molar-refractivity contribution < 1.29 is 41.6 Å². The fraction of sp³-hybridized carbons (Fsp3) is 0.513. The molecular weight excluding hydrogens is 709 g/mol. The standard InChI is InChI=1S/C39H54O9S3/c1-3-4-5-6-7-8-9-10-11-12-13-14-15-16-17-18-19-27-37(42)48-33(31-46-36(41)26-22-23-28-39(2)29-30-49-50-39)32-47-51(44,45)38(43)34-24-20-21-25-35(34)40/h4-5,7-8,10-11,13-14,16-17,20-21,24-25,33,40H,3,6,9,12,15,18-19,22-23,26-32H2,1-2H3/b5-4-,8-7-,11-10-,14-13-,17-16-/t33-,39-/m1/s1. The number of esters is 2. The maximum atomic E-state index is 12.6. The van der Waals surface area contributed by atoms with Crippen LogP contribution in [0.4, 0.5) is 0 Å². The molecule has 12 heteroatoms. The van der Waals surface area contributed by atoms with Gasteiger partial charge in [-0.3, -0.25) is 18.6 Å². The molecule has 1 fully saturated rings. The Labute approximate surface area is 312 Å². The summed E-state index contributed by atoms with van der Waals surface area (Å²) in [6, 6.07) is 5.17. The molecule has 0 bridgehead atoms. The zero-order chi connectivity index (χ0) is 37.2. The molecule has 1 heterocycles. The van der Waals surface area contributed by atoms with Crippen LogP contribution in [0.2, 0.25) is 0 Å². The minimum Gasteiger partial charge on any atom is -0.507 e. The molecule has 0 spiro atoms. The third kappa shape index (κ3) is 19.9. The Balaban J connectivity index is 1.78. The second-order valence-electron chi connectivity index (χ2n) is 12.3. The number of aromatic hydroxyl groups is 1. The number of allylic oxidation sites excluding steroid dienone is 10. The monoisotopic (exact) mass is 762 g/mol. The number of rotatable bonds is 25. The van der Waals surface area contributed by atoms with E-state index in [4.69, 9.17) is 13.7 Å². The minimum atomic E-state index is -4.84. The Kier molecular flexibility index (Phi) is 22.3. The van der Waals surface area contributed by atoms with E-state index in [1.54, 1.807) is 0 Å².